The summed E-state index contributed by atoms with van der Waals surface area (Å²) in [5, 5.41) is 15.6. The topological polar surface area (TPSA) is 88.9 Å². The van der Waals surface area contributed by atoms with E-state index in [2.05, 4.69) is 20.8 Å². The van der Waals surface area contributed by atoms with Gasteiger partial charge in [0.2, 0.25) is 5.91 Å². The number of anilines is 1. The summed E-state index contributed by atoms with van der Waals surface area (Å²) in [4.78, 5) is 24.9. The van der Waals surface area contributed by atoms with Gasteiger partial charge in [-0.1, -0.05) is 52.7 Å². The van der Waals surface area contributed by atoms with Crippen LogP contribution in [0.1, 0.15) is 41.6 Å². The zero-order valence-electron chi connectivity index (χ0n) is 17.9. The third kappa shape index (κ3) is 6.03. The third-order valence-corrected chi connectivity index (χ3v) is 6.32. The number of thioether (sulfide) groups is 1. The molecule has 1 atom stereocenters. The number of hydrogen-bond acceptors (Lipinski definition) is 5. The molecule has 2 aromatic carbocycles. The lowest BCUT2D eigenvalue weighted by Crippen LogP contribution is -2.28. The fourth-order valence-electron chi connectivity index (χ4n) is 3.06. The van der Waals surface area contributed by atoms with Crippen molar-refractivity contribution in [3.05, 3.63) is 69.5 Å². The molecule has 168 valence electrons. The number of benzene rings is 2. The minimum Gasteiger partial charge on any atom is -0.342 e. The molecular formula is C22H23Cl2N5O2S. The molecule has 2 N–H and O–H groups in total. The number of carbonyl (C=O) groups excluding carboxylic acids is 2. The van der Waals surface area contributed by atoms with Gasteiger partial charge < -0.3 is 15.2 Å². The Morgan fingerprint density at radius 3 is 2.59 bits per heavy atom. The molecule has 2 amide bonds. The lowest BCUT2D eigenvalue weighted by atomic mass is 10.1. The lowest BCUT2D eigenvalue weighted by Gasteiger charge is -2.15. The Bertz CT molecular complexity index is 1140. The monoisotopic (exact) mass is 491 g/mol. The largest absolute Gasteiger partial charge is 0.342 e. The zero-order chi connectivity index (χ0) is 23.3. The third-order valence-electron chi connectivity index (χ3n) is 4.61. The average Bonchev–Trinajstić information content (AvgIpc) is 3.18. The van der Waals surface area contributed by atoms with E-state index in [0.29, 0.717) is 38.8 Å². The van der Waals surface area contributed by atoms with E-state index >= 15 is 0 Å². The molecule has 0 unspecified atom stereocenters. The van der Waals surface area contributed by atoms with Crippen molar-refractivity contribution < 1.29 is 9.59 Å². The summed E-state index contributed by atoms with van der Waals surface area (Å²) >= 11 is 13.2. The number of nitrogens with one attached hydrogen (secondary N) is 2. The van der Waals surface area contributed by atoms with Gasteiger partial charge in [-0.25, -0.2) is 0 Å². The number of amides is 2. The van der Waals surface area contributed by atoms with Crippen molar-refractivity contribution in [1.29, 1.82) is 0 Å². The SMILES string of the molecule is CCn1c(SCC(=O)Nc2ccc(Cl)c(Cl)c2)nnc1[C@@H](C)NC(=O)c1cccc(C)c1. The first kappa shape index (κ1) is 24.1. The van der Waals surface area contributed by atoms with Crippen LogP contribution in [0.3, 0.4) is 0 Å². The molecule has 32 heavy (non-hydrogen) atoms. The lowest BCUT2D eigenvalue weighted by molar-refractivity contribution is -0.113. The summed E-state index contributed by atoms with van der Waals surface area (Å²) in [5.74, 6) is 0.381. The molecule has 1 aromatic heterocycles. The van der Waals surface area contributed by atoms with Crippen LogP contribution in [0.5, 0.6) is 0 Å². The highest BCUT2D eigenvalue weighted by Gasteiger charge is 2.20. The Labute approximate surface area is 200 Å². The first-order chi connectivity index (χ1) is 15.3. The first-order valence-corrected chi connectivity index (χ1v) is 11.7. The van der Waals surface area contributed by atoms with E-state index in [4.69, 9.17) is 23.2 Å². The number of rotatable bonds is 8. The number of aryl methyl sites for hydroxylation is 1. The van der Waals surface area contributed by atoms with Gasteiger partial charge >= 0.3 is 0 Å². The first-order valence-electron chi connectivity index (χ1n) is 9.96. The van der Waals surface area contributed by atoms with Gasteiger partial charge in [0.25, 0.3) is 5.91 Å². The second kappa shape index (κ2) is 10.8. The smallest absolute Gasteiger partial charge is 0.251 e. The normalized spacial score (nSPS) is 11.8. The van der Waals surface area contributed by atoms with Crippen molar-refractivity contribution in [3.63, 3.8) is 0 Å². The van der Waals surface area contributed by atoms with Crippen LogP contribution in [0.15, 0.2) is 47.6 Å². The maximum Gasteiger partial charge on any atom is 0.251 e. The van der Waals surface area contributed by atoms with Gasteiger partial charge in [-0.15, -0.1) is 10.2 Å². The van der Waals surface area contributed by atoms with Gasteiger partial charge in [0.15, 0.2) is 11.0 Å². The maximum atomic E-state index is 12.6. The quantitative estimate of drug-likeness (QED) is 0.426. The summed E-state index contributed by atoms with van der Waals surface area (Å²) in [7, 11) is 0. The molecule has 0 aliphatic rings. The number of aromatic nitrogens is 3. The predicted molar refractivity (Wildman–Crippen MR) is 129 cm³/mol. The average molecular weight is 492 g/mol. The van der Waals surface area contributed by atoms with E-state index in [1.54, 1.807) is 24.3 Å². The Hall–Kier alpha value is -2.55. The van der Waals surface area contributed by atoms with Crippen molar-refractivity contribution in [2.45, 2.75) is 38.5 Å². The highest BCUT2D eigenvalue weighted by atomic mass is 35.5. The van der Waals surface area contributed by atoms with Gasteiger partial charge in [0, 0.05) is 17.8 Å². The van der Waals surface area contributed by atoms with Crippen LogP contribution in [-0.2, 0) is 11.3 Å². The second-order valence-electron chi connectivity index (χ2n) is 7.12. The molecule has 0 radical (unpaired) electrons. The molecule has 0 saturated heterocycles. The van der Waals surface area contributed by atoms with Gasteiger partial charge in [0.05, 0.1) is 21.8 Å². The van der Waals surface area contributed by atoms with E-state index in [0.717, 1.165) is 5.56 Å². The zero-order valence-corrected chi connectivity index (χ0v) is 20.2. The number of nitrogens with zero attached hydrogens (tertiary/aromatic N) is 3. The molecule has 0 bridgehead atoms. The standard InChI is InChI=1S/C22H23Cl2N5O2S/c1-4-29-20(14(3)25-21(31)15-7-5-6-13(2)10-15)27-28-22(29)32-12-19(30)26-16-8-9-17(23)18(24)11-16/h5-11,14H,4,12H2,1-3H3,(H,25,31)(H,26,30)/t14-/m1/s1. The summed E-state index contributed by atoms with van der Waals surface area (Å²) in [6.07, 6.45) is 0. The van der Waals surface area contributed by atoms with E-state index in [-0.39, 0.29) is 23.6 Å². The van der Waals surface area contributed by atoms with E-state index in [1.165, 1.54) is 11.8 Å². The van der Waals surface area contributed by atoms with Crippen LogP contribution >= 0.6 is 35.0 Å². The molecule has 10 heteroatoms. The van der Waals surface area contributed by atoms with E-state index in [1.807, 2.05) is 43.5 Å². The van der Waals surface area contributed by atoms with Gasteiger partial charge in [-0.05, 0) is 51.1 Å². The molecular weight excluding hydrogens is 469 g/mol. The van der Waals surface area contributed by atoms with Crippen molar-refractivity contribution >= 4 is 52.5 Å². The van der Waals surface area contributed by atoms with Crippen LogP contribution in [0.25, 0.3) is 0 Å². The summed E-state index contributed by atoms with van der Waals surface area (Å²) < 4.78 is 1.89. The summed E-state index contributed by atoms with van der Waals surface area (Å²) in [6.45, 7) is 6.36. The molecule has 0 saturated carbocycles. The molecule has 0 spiro atoms. The minimum atomic E-state index is -0.352. The second-order valence-corrected chi connectivity index (χ2v) is 8.87. The highest BCUT2D eigenvalue weighted by Crippen LogP contribution is 2.26. The Kier molecular flexibility index (Phi) is 8.17. The summed E-state index contributed by atoms with van der Waals surface area (Å²) in [6, 6.07) is 11.9. The molecule has 7 nitrogen and oxygen atoms in total. The van der Waals surface area contributed by atoms with Crippen LogP contribution < -0.4 is 10.6 Å². The maximum absolute atomic E-state index is 12.6. The minimum absolute atomic E-state index is 0.141. The molecule has 1 heterocycles. The molecule has 0 aliphatic carbocycles. The van der Waals surface area contributed by atoms with Crippen LogP contribution in [0.4, 0.5) is 5.69 Å². The fourth-order valence-corrected chi connectivity index (χ4v) is 4.16. The van der Waals surface area contributed by atoms with Gasteiger partial charge in [0.1, 0.15) is 0 Å². The van der Waals surface area contributed by atoms with Crippen molar-refractivity contribution in [1.82, 2.24) is 20.1 Å². The van der Waals surface area contributed by atoms with Crippen molar-refractivity contribution in [2.75, 3.05) is 11.1 Å². The summed E-state index contributed by atoms with van der Waals surface area (Å²) in [5.41, 5.74) is 2.17. The number of hydrogen-bond donors (Lipinski definition) is 2. The van der Waals surface area contributed by atoms with Gasteiger partial charge in [-0.2, -0.15) is 0 Å². The number of carbonyl (C=O) groups is 2. The number of halogens is 2. The van der Waals surface area contributed by atoms with Crippen LogP contribution in [0, 0.1) is 6.92 Å². The Morgan fingerprint density at radius 1 is 1.12 bits per heavy atom. The van der Waals surface area contributed by atoms with E-state index in [9.17, 15) is 9.59 Å². The molecule has 0 fully saturated rings. The van der Waals surface area contributed by atoms with Crippen molar-refractivity contribution in [3.8, 4) is 0 Å². The molecule has 3 rings (SSSR count). The highest BCUT2D eigenvalue weighted by molar-refractivity contribution is 7.99. The van der Waals surface area contributed by atoms with E-state index < -0.39 is 0 Å². The van der Waals surface area contributed by atoms with Crippen LogP contribution in [0.2, 0.25) is 10.0 Å². The molecule has 0 aliphatic heterocycles. The van der Waals surface area contributed by atoms with Crippen molar-refractivity contribution in [2.24, 2.45) is 0 Å². The van der Waals surface area contributed by atoms with Gasteiger partial charge in [-0.3, -0.25) is 9.59 Å². The predicted octanol–water partition coefficient (Wildman–Crippen LogP) is 5.14. The fraction of sp³-hybridized carbons (Fsp3) is 0.273. The molecule has 3 aromatic rings. The Morgan fingerprint density at radius 2 is 1.91 bits per heavy atom. The Balaban J connectivity index is 1.62. The van der Waals surface area contributed by atoms with Crippen LogP contribution in [-0.4, -0.2) is 32.3 Å².